The zero-order valence-electron chi connectivity index (χ0n) is 15.6. The van der Waals surface area contributed by atoms with Crippen molar-refractivity contribution in [3.8, 4) is 22.6 Å². The van der Waals surface area contributed by atoms with Crippen molar-refractivity contribution in [2.45, 2.75) is 19.5 Å². The standard InChI is InChI=1S/C22H18F2N2O3/c1-22(23,24)29-19-4-2-3-14(11-19)16-9-17(13-25-12-16)26-8-7-15-10-18(27)5-6-20(15)21(26)28/h2-6,9-13,27H,7-8H2,1H3. The Bertz CT molecular complexity index is 1080. The first-order valence-corrected chi connectivity index (χ1v) is 9.06. The maximum Gasteiger partial charge on any atom is 0.394 e. The number of ether oxygens (including phenoxy) is 1. The molecular weight excluding hydrogens is 378 g/mol. The number of aromatic nitrogens is 1. The number of fused-ring (bicyclic) bond motifs is 1. The first-order valence-electron chi connectivity index (χ1n) is 9.06. The monoisotopic (exact) mass is 396 g/mol. The minimum atomic E-state index is -3.28. The summed E-state index contributed by atoms with van der Waals surface area (Å²) in [5.74, 6) is 0.00418. The molecule has 4 rings (SSSR count). The molecule has 1 aliphatic heterocycles. The Morgan fingerprint density at radius 3 is 2.72 bits per heavy atom. The predicted molar refractivity (Wildman–Crippen MR) is 104 cm³/mol. The Hall–Kier alpha value is -3.48. The normalized spacial score (nSPS) is 13.9. The van der Waals surface area contributed by atoms with E-state index in [1.807, 2.05) is 0 Å². The zero-order valence-corrected chi connectivity index (χ0v) is 15.6. The SMILES string of the molecule is CC(F)(F)Oc1cccc(-c2cncc(N3CCc4cc(O)ccc4C3=O)c2)c1. The van der Waals surface area contributed by atoms with E-state index in [0.717, 1.165) is 5.56 Å². The van der Waals surface area contributed by atoms with Crippen LogP contribution in [0, 0.1) is 0 Å². The fourth-order valence-electron chi connectivity index (χ4n) is 3.40. The van der Waals surface area contributed by atoms with Crippen LogP contribution >= 0.6 is 0 Å². The van der Waals surface area contributed by atoms with E-state index >= 15 is 0 Å². The molecule has 1 aliphatic rings. The number of nitrogens with zero attached hydrogens (tertiary/aromatic N) is 2. The summed E-state index contributed by atoms with van der Waals surface area (Å²) in [6.45, 7) is 1.13. The van der Waals surface area contributed by atoms with Crippen LogP contribution in [0.2, 0.25) is 0 Å². The van der Waals surface area contributed by atoms with Crippen molar-refractivity contribution in [3.05, 3.63) is 72.1 Å². The van der Waals surface area contributed by atoms with Crippen molar-refractivity contribution in [2.24, 2.45) is 0 Å². The highest BCUT2D eigenvalue weighted by Gasteiger charge is 2.26. The number of alkyl halides is 2. The fourth-order valence-corrected chi connectivity index (χ4v) is 3.40. The third-order valence-corrected chi connectivity index (χ3v) is 4.67. The molecule has 0 radical (unpaired) electrons. The molecule has 3 aromatic rings. The maximum absolute atomic E-state index is 13.1. The number of phenols is 1. The minimum Gasteiger partial charge on any atom is -0.508 e. The molecule has 0 unspecified atom stereocenters. The number of benzene rings is 2. The van der Waals surface area contributed by atoms with Gasteiger partial charge in [-0.3, -0.25) is 9.78 Å². The molecule has 1 aromatic heterocycles. The van der Waals surface area contributed by atoms with Crippen LogP contribution in [-0.4, -0.2) is 28.7 Å². The van der Waals surface area contributed by atoms with Gasteiger partial charge in [-0.25, -0.2) is 0 Å². The molecular formula is C22H18F2N2O3. The molecule has 2 heterocycles. The number of rotatable bonds is 4. The highest BCUT2D eigenvalue weighted by atomic mass is 19.3. The molecule has 0 spiro atoms. The summed E-state index contributed by atoms with van der Waals surface area (Å²) in [5.41, 5.74) is 3.28. The largest absolute Gasteiger partial charge is 0.508 e. The van der Waals surface area contributed by atoms with E-state index in [9.17, 15) is 18.7 Å². The second-order valence-corrected chi connectivity index (χ2v) is 6.92. The number of halogens is 2. The van der Waals surface area contributed by atoms with Gasteiger partial charge in [-0.1, -0.05) is 12.1 Å². The predicted octanol–water partition coefficient (Wildman–Crippen LogP) is 4.65. The van der Waals surface area contributed by atoms with Crippen molar-refractivity contribution in [1.29, 1.82) is 0 Å². The van der Waals surface area contributed by atoms with Crippen molar-refractivity contribution in [2.75, 3.05) is 11.4 Å². The second kappa shape index (κ2) is 7.16. The molecule has 7 heteroatoms. The molecule has 2 aromatic carbocycles. The average molecular weight is 396 g/mol. The smallest absolute Gasteiger partial charge is 0.394 e. The Labute approximate surface area is 166 Å². The van der Waals surface area contributed by atoms with Gasteiger partial charge in [-0.2, -0.15) is 8.78 Å². The number of pyridine rings is 1. The lowest BCUT2D eigenvalue weighted by Gasteiger charge is -2.28. The van der Waals surface area contributed by atoms with Gasteiger partial charge < -0.3 is 14.7 Å². The van der Waals surface area contributed by atoms with Crippen molar-refractivity contribution in [1.82, 2.24) is 4.98 Å². The van der Waals surface area contributed by atoms with Gasteiger partial charge in [-0.15, -0.1) is 0 Å². The zero-order chi connectivity index (χ0) is 20.6. The summed E-state index contributed by atoms with van der Waals surface area (Å²) >= 11 is 0. The summed E-state index contributed by atoms with van der Waals surface area (Å²) in [6.07, 6.45) is 0.524. The van der Waals surface area contributed by atoms with Crippen LogP contribution in [0.3, 0.4) is 0 Å². The summed E-state index contributed by atoms with van der Waals surface area (Å²) in [4.78, 5) is 18.7. The minimum absolute atomic E-state index is 0.0446. The molecule has 0 saturated carbocycles. The molecule has 1 N–H and O–H groups in total. The van der Waals surface area contributed by atoms with Gasteiger partial charge in [0.1, 0.15) is 11.5 Å². The summed E-state index contributed by atoms with van der Waals surface area (Å²) < 4.78 is 30.9. The Kier molecular flexibility index (Phi) is 4.66. The lowest BCUT2D eigenvalue weighted by Crippen LogP contribution is -2.37. The van der Waals surface area contributed by atoms with Crippen molar-refractivity contribution < 1.29 is 23.4 Å². The van der Waals surface area contributed by atoms with Crippen LogP contribution < -0.4 is 9.64 Å². The van der Waals surface area contributed by atoms with E-state index in [1.165, 1.54) is 18.2 Å². The van der Waals surface area contributed by atoms with Crippen LogP contribution in [0.15, 0.2) is 60.9 Å². The van der Waals surface area contributed by atoms with Gasteiger partial charge in [0.15, 0.2) is 0 Å². The molecule has 1 amide bonds. The van der Waals surface area contributed by atoms with E-state index in [4.69, 9.17) is 0 Å². The molecule has 0 fully saturated rings. The lowest BCUT2D eigenvalue weighted by molar-refractivity contribution is -0.158. The number of carbonyl (C=O) groups is 1. The van der Waals surface area contributed by atoms with Crippen LogP contribution in [0.4, 0.5) is 14.5 Å². The van der Waals surface area contributed by atoms with Crippen LogP contribution in [-0.2, 0) is 6.42 Å². The van der Waals surface area contributed by atoms with E-state index < -0.39 is 6.11 Å². The van der Waals surface area contributed by atoms with Gasteiger partial charge in [0.05, 0.1) is 11.9 Å². The Morgan fingerprint density at radius 2 is 1.93 bits per heavy atom. The number of aromatic hydroxyl groups is 1. The van der Waals surface area contributed by atoms with E-state index in [-0.39, 0.29) is 17.4 Å². The van der Waals surface area contributed by atoms with E-state index in [2.05, 4.69) is 9.72 Å². The molecule has 0 atom stereocenters. The van der Waals surface area contributed by atoms with Gasteiger partial charge in [-0.05, 0) is 53.9 Å². The molecule has 29 heavy (non-hydrogen) atoms. The molecule has 5 nitrogen and oxygen atoms in total. The van der Waals surface area contributed by atoms with Gasteiger partial charge >= 0.3 is 6.11 Å². The fraction of sp³-hybridized carbons (Fsp3) is 0.182. The highest BCUT2D eigenvalue weighted by Crippen LogP contribution is 2.31. The number of carbonyl (C=O) groups excluding carboxylic acids is 1. The maximum atomic E-state index is 13.1. The lowest BCUT2D eigenvalue weighted by atomic mass is 9.98. The van der Waals surface area contributed by atoms with Crippen LogP contribution in [0.1, 0.15) is 22.8 Å². The number of anilines is 1. The Morgan fingerprint density at radius 1 is 1.10 bits per heavy atom. The summed E-state index contributed by atoms with van der Waals surface area (Å²) in [6, 6.07) is 12.8. The molecule has 148 valence electrons. The van der Waals surface area contributed by atoms with Gasteiger partial charge in [0.2, 0.25) is 0 Å². The summed E-state index contributed by atoms with van der Waals surface area (Å²) in [5, 5.41) is 9.62. The Balaban J connectivity index is 1.64. The third kappa shape index (κ3) is 4.03. The molecule has 0 aliphatic carbocycles. The number of amides is 1. The first kappa shape index (κ1) is 18.9. The number of phenolic OH excluding ortho intramolecular Hbond substituents is 1. The van der Waals surface area contributed by atoms with E-state index in [0.29, 0.717) is 42.3 Å². The van der Waals surface area contributed by atoms with E-state index in [1.54, 1.807) is 47.6 Å². The first-order chi connectivity index (χ1) is 13.8. The van der Waals surface area contributed by atoms with Crippen LogP contribution in [0.5, 0.6) is 11.5 Å². The number of hydrogen-bond acceptors (Lipinski definition) is 4. The average Bonchev–Trinajstić information content (AvgIpc) is 2.67. The summed E-state index contributed by atoms with van der Waals surface area (Å²) in [7, 11) is 0. The number of hydrogen-bond donors (Lipinski definition) is 1. The van der Waals surface area contributed by atoms with Crippen molar-refractivity contribution >= 4 is 11.6 Å². The highest BCUT2D eigenvalue weighted by molar-refractivity contribution is 6.08. The molecule has 0 saturated heterocycles. The second-order valence-electron chi connectivity index (χ2n) is 6.92. The van der Waals surface area contributed by atoms with Crippen molar-refractivity contribution in [3.63, 3.8) is 0 Å². The third-order valence-electron chi connectivity index (χ3n) is 4.67. The topological polar surface area (TPSA) is 62.7 Å². The van der Waals surface area contributed by atoms with Crippen LogP contribution in [0.25, 0.3) is 11.1 Å². The van der Waals surface area contributed by atoms with Gasteiger partial charge in [0.25, 0.3) is 5.91 Å². The molecule has 0 bridgehead atoms. The quantitative estimate of drug-likeness (QED) is 0.697. The van der Waals surface area contributed by atoms with Gasteiger partial charge in [0, 0.05) is 30.8 Å².